The molecule has 4 rings (SSSR count). The van der Waals surface area contributed by atoms with E-state index >= 15 is 0 Å². The van der Waals surface area contributed by atoms with Gasteiger partial charge in [-0.15, -0.1) is 5.10 Å². The van der Waals surface area contributed by atoms with E-state index in [4.69, 9.17) is 16.3 Å². The van der Waals surface area contributed by atoms with E-state index in [1.54, 1.807) is 14.0 Å². The number of anilines is 2. The molecule has 3 aromatic rings. The number of nitrogens with one attached hydrogen (secondary N) is 2. The quantitative estimate of drug-likeness (QED) is 0.391. The molecule has 1 aromatic carbocycles. The number of benzene rings is 1. The number of ether oxygens (including phenoxy) is 1. The molecule has 2 amide bonds. The summed E-state index contributed by atoms with van der Waals surface area (Å²) in [7, 11) is 4.25. The van der Waals surface area contributed by atoms with Gasteiger partial charge in [0.1, 0.15) is 0 Å². The Morgan fingerprint density at radius 2 is 1.77 bits per heavy atom. The number of alkyl halides is 3. The number of hydrogen-bond acceptors (Lipinski definition) is 7. The highest BCUT2D eigenvalue weighted by molar-refractivity contribution is 6.28. The van der Waals surface area contributed by atoms with Crippen molar-refractivity contribution in [2.75, 3.05) is 26.5 Å². The number of halogens is 4. The molecule has 216 valence electrons. The van der Waals surface area contributed by atoms with Crippen LogP contribution in [0, 0.1) is 11.8 Å². The van der Waals surface area contributed by atoms with Crippen LogP contribution in [-0.4, -0.2) is 63.7 Å². The molecule has 1 aliphatic carbocycles. The molecule has 1 fully saturated rings. The summed E-state index contributed by atoms with van der Waals surface area (Å²) in [6.45, 7) is 1.80. The first kappa shape index (κ1) is 29.5. The fourth-order valence-corrected chi connectivity index (χ4v) is 5.34. The summed E-state index contributed by atoms with van der Waals surface area (Å²) >= 11 is 5.94. The van der Waals surface area contributed by atoms with E-state index in [2.05, 4.69) is 25.7 Å². The standard InChI is InChI=1S/C26H31ClF3N7O3/c1-14(40-4)20-19(13-32-25-34-24(27)35-37(20)25)33-18-11-9-15(10-12-18)21(26(28,29)30)36(3)23(39)17-7-5-16(6-8-17)22(38)31-2/h9-14,16-17,21,33H,5-8H2,1-4H3,(H,31,38)/t14-,16?,17?,21+/m0/s1. The van der Waals surface area contributed by atoms with E-state index in [0.717, 1.165) is 4.90 Å². The lowest BCUT2D eigenvalue weighted by atomic mass is 9.80. The fraction of sp³-hybridized carbons (Fsp3) is 0.500. The van der Waals surface area contributed by atoms with Crippen molar-refractivity contribution < 1.29 is 27.5 Å². The molecule has 0 unspecified atom stereocenters. The van der Waals surface area contributed by atoms with Gasteiger partial charge in [-0.3, -0.25) is 9.59 Å². The van der Waals surface area contributed by atoms with Crippen molar-refractivity contribution in [1.82, 2.24) is 29.8 Å². The molecule has 10 nitrogen and oxygen atoms in total. The second kappa shape index (κ2) is 12.0. The van der Waals surface area contributed by atoms with Crippen LogP contribution in [-0.2, 0) is 14.3 Å². The smallest absolute Gasteiger partial charge is 0.375 e. The number of fused-ring (bicyclic) bond motifs is 1. The number of rotatable bonds is 8. The summed E-state index contributed by atoms with van der Waals surface area (Å²) in [5.41, 5.74) is 1.49. The summed E-state index contributed by atoms with van der Waals surface area (Å²) in [6.07, 6.45) is -1.95. The van der Waals surface area contributed by atoms with Gasteiger partial charge in [-0.1, -0.05) is 12.1 Å². The van der Waals surface area contributed by atoms with Crippen LogP contribution in [0.4, 0.5) is 24.5 Å². The van der Waals surface area contributed by atoms with Crippen molar-refractivity contribution in [2.24, 2.45) is 11.8 Å². The largest absolute Gasteiger partial charge is 0.413 e. The summed E-state index contributed by atoms with van der Waals surface area (Å²) in [5, 5.41) is 9.89. The highest BCUT2D eigenvalue weighted by Gasteiger charge is 2.46. The molecule has 0 bridgehead atoms. The van der Waals surface area contributed by atoms with Crippen LogP contribution < -0.4 is 10.6 Å². The monoisotopic (exact) mass is 581 g/mol. The summed E-state index contributed by atoms with van der Waals surface area (Å²) in [5.74, 6) is -1.20. The van der Waals surface area contributed by atoms with E-state index in [9.17, 15) is 22.8 Å². The van der Waals surface area contributed by atoms with Gasteiger partial charge in [0.25, 0.3) is 5.78 Å². The molecule has 14 heteroatoms. The molecule has 1 aliphatic rings. The van der Waals surface area contributed by atoms with Crippen LogP contribution in [0.1, 0.15) is 56.0 Å². The number of hydrogen-bond donors (Lipinski definition) is 2. The molecule has 2 heterocycles. The molecule has 0 saturated heterocycles. The maximum Gasteiger partial charge on any atom is 0.413 e. The number of methoxy groups -OCH3 is 1. The van der Waals surface area contributed by atoms with E-state index < -0.39 is 30.1 Å². The van der Waals surface area contributed by atoms with Crippen LogP contribution in [0.25, 0.3) is 5.78 Å². The summed E-state index contributed by atoms with van der Waals surface area (Å²) in [6, 6.07) is 3.56. The zero-order valence-corrected chi connectivity index (χ0v) is 23.3. The normalized spacial score (nSPS) is 19.2. The molecule has 2 N–H and O–H groups in total. The van der Waals surface area contributed by atoms with Crippen LogP contribution in [0.15, 0.2) is 30.5 Å². The third-order valence-electron chi connectivity index (χ3n) is 7.36. The van der Waals surface area contributed by atoms with Crippen molar-refractivity contribution in [2.45, 2.75) is 50.9 Å². The van der Waals surface area contributed by atoms with E-state index in [0.29, 0.717) is 42.8 Å². The Balaban J connectivity index is 1.54. The molecular formula is C26H31ClF3N7O3. The minimum Gasteiger partial charge on any atom is -0.375 e. The fourth-order valence-electron chi connectivity index (χ4n) is 5.18. The Labute approximate surface area is 234 Å². The van der Waals surface area contributed by atoms with Crippen LogP contribution in [0.5, 0.6) is 0 Å². The van der Waals surface area contributed by atoms with Crippen LogP contribution >= 0.6 is 11.6 Å². The SMILES string of the molecule is CNC(=O)C1CCC(C(=O)N(C)[C@H](c2ccc(Nc3cnc4nc(Cl)nn4c3[C@H](C)OC)cc2)C(F)(F)F)CC1. The minimum absolute atomic E-state index is 0.00918. The van der Waals surface area contributed by atoms with Crippen LogP contribution in [0.2, 0.25) is 5.28 Å². The topological polar surface area (TPSA) is 114 Å². The zero-order valence-electron chi connectivity index (χ0n) is 22.5. The van der Waals surface area contributed by atoms with Crippen molar-refractivity contribution in [3.8, 4) is 0 Å². The Hall–Kier alpha value is -3.45. The van der Waals surface area contributed by atoms with Gasteiger partial charge in [0.15, 0.2) is 6.04 Å². The van der Waals surface area contributed by atoms with E-state index in [1.165, 1.54) is 49.1 Å². The Morgan fingerprint density at radius 1 is 1.15 bits per heavy atom. The molecule has 1 saturated carbocycles. The van der Waals surface area contributed by atoms with Gasteiger partial charge in [0.05, 0.1) is 23.7 Å². The number of aromatic nitrogens is 4. The Bertz CT molecular complexity index is 1360. The lowest BCUT2D eigenvalue weighted by molar-refractivity contribution is -0.191. The first-order chi connectivity index (χ1) is 18.9. The number of amides is 2. The number of carbonyl (C=O) groups excluding carboxylic acids is 2. The maximum absolute atomic E-state index is 14.3. The van der Waals surface area contributed by atoms with Crippen molar-refractivity contribution >= 4 is 40.6 Å². The Morgan fingerprint density at radius 3 is 2.35 bits per heavy atom. The molecule has 0 aliphatic heterocycles. The summed E-state index contributed by atoms with van der Waals surface area (Å²) < 4.78 is 49.7. The first-order valence-electron chi connectivity index (χ1n) is 12.8. The molecular weight excluding hydrogens is 551 g/mol. The predicted molar refractivity (Wildman–Crippen MR) is 142 cm³/mol. The highest BCUT2D eigenvalue weighted by atomic mass is 35.5. The van der Waals surface area contributed by atoms with Crippen molar-refractivity contribution in [3.05, 3.63) is 47.0 Å². The Kier molecular flexibility index (Phi) is 8.83. The summed E-state index contributed by atoms with van der Waals surface area (Å²) in [4.78, 5) is 34.1. The van der Waals surface area contributed by atoms with Gasteiger partial charge in [0, 0.05) is 38.7 Å². The third kappa shape index (κ3) is 6.15. The third-order valence-corrected chi connectivity index (χ3v) is 7.52. The molecule has 2 atom stereocenters. The number of nitrogens with zero attached hydrogens (tertiary/aromatic N) is 5. The van der Waals surface area contributed by atoms with Crippen LogP contribution in [0.3, 0.4) is 0 Å². The average molecular weight is 582 g/mol. The molecule has 0 spiro atoms. The zero-order chi connectivity index (χ0) is 29.2. The second-order valence-corrected chi connectivity index (χ2v) is 10.2. The van der Waals surface area contributed by atoms with Gasteiger partial charge in [-0.25, -0.2) is 4.98 Å². The first-order valence-corrected chi connectivity index (χ1v) is 13.2. The average Bonchev–Trinajstić information content (AvgIpc) is 3.32. The molecule has 40 heavy (non-hydrogen) atoms. The van der Waals surface area contributed by atoms with Gasteiger partial charge >= 0.3 is 6.18 Å². The van der Waals surface area contributed by atoms with Gasteiger partial charge < -0.3 is 20.3 Å². The molecule has 0 radical (unpaired) electrons. The predicted octanol–water partition coefficient (Wildman–Crippen LogP) is 4.84. The van der Waals surface area contributed by atoms with E-state index in [-0.39, 0.29) is 28.4 Å². The van der Waals surface area contributed by atoms with Gasteiger partial charge in [-0.2, -0.15) is 22.7 Å². The lowest BCUT2D eigenvalue weighted by Gasteiger charge is -2.35. The van der Waals surface area contributed by atoms with Gasteiger partial charge in [0.2, 0.25) is 17.1 Å². The molecule has 2 aromatic heterocycles. The second-order valence-electron chi connectivity index (χ2n) is 9.83. The lowest BCUT2D eigenvalue weighted by Crippen LogP contribution is -2.44. The van der Waals surface area contributed by atoms with Crippen molar-refractivity contribution in [1.29, 1.82) is 0 Å². The van der Waals surface area contributed by atoms with Crippen molar-refractivity contribution in [3.63, 3.8) is 0 Å². The minimum atomic E-state index is -4.69. The highest BCUT2D eigenvalue weighted by Crippen LogP contribution is 2.40. The number of carbonyl (C=O) groups is 2. The van der Waals surface area contributed by atoms with E-state index in [1.807, 2.05) is 0 Å². The maximum atomic E-state index is 14.3. The van der Waals surface area contributed by atoms with Gasteiger partial charge in [-0.05, 0) is 61.9 Å².